The lowest BCUT2D eigenvalue weighted by Crippen LogP contribution is -2.37. The summed E-state index contributed by atoms with van der Waals surface area (Å²) in [6.45, 7) is 7.07. The average Bonchev–Trinajstić information content (AvgIpc) is 2.93. The van der Waals surface area contributed by atoms with E-state index in [-0.39, 0.29) is 0 Å². The first kappa shape index (κ1) is 14.2. The van der Waals surface area contributed by atoms with Gasteiger partial charge in [-0.2, -0.15) is 0 Å². The summed E-state index contributed by atoms with van der Waals surface area (Å²) in [5.41, 5.74) is 3.92. The van der Waals surface area contributed by atoms with Crippen LogP contribution < -0.4 is 5.19 Å². The average molecular weight is 317 g/mol. The molecular formula is C20H19NOSi. The summed E-state index contributed by atoms with van der Waals surface area (Å²) in [5.74, 6) is 0. The van der Waals surface area contributed by atoms with Crippen LogP contribution in [0.1, 0.15) is 0 Å². The highest BCUT2D eigenvalue weighted by Gasteiger charge is 2.18. The molecule has 0 aliphatic rings. The van der Waals surface area contributed by atoms with Crippen LogP contribution in [-0.4, -0.2) is 13.1 Å². The van der Waals surface area contributed by atoms with Crippen LogP contribution in [0.4, 0.5) is 0 Å². The molecule has 0 amide bonds. The Morgan fingerprint density at radius 3 is 2.48 bits per heavy atom. The zero-order valence-corrected chi connectivity index (χ0v) is 14.6. The summed E-state index contributed by atoms with van der Waals surface area (Å²) in [7, 11) is -1.37. The summed E-state index contributed by atoms with van der Waals surface area (Å²) in [6, 6.07) is 18.9. The number of fused-ring (bicyclic) bond motifs is 3. The molecule has 2 aromatic heterocycles. The first-order valence-corrected chi connectivity index (χ1v) is 11.4. The molecule has 2 heterocycles. The molecule has 4 aromatic rings. The van der Waals surface area contributed by atoms with Gasteiger partial charge in [-0.05, 0) is 24.3 Å². The Balaban J connectivity index is 1.99. The van der Waals surface area contributed by atoms with E-state index in [2.05, 4.69) is 61.0 Å². The SMILES string of the molecule is C[Si](C)(C)c1ccnc(-c2cccc3c2oc2ccccc23)c1. The van der Waals surface area contributed by atoms with Crippen molar-refractivity contribution in [2.24, 2.45) is 0 Å². The summed E-state index contributed by atoms with van der Waals surface area (Å²) in [6.07, 6.45) is 1.92. The van der Waals surface area contributed by atoms with Crippen molar-refractivity contribution in [3.8, 4) is 11.3 Å². The van der Waals surface area contributed by atoms with E-state index in [1.165, 1.54) is 5.19 Å². The van der Waals surface area contributed by atoms with Crippen LogP contribution in [0.3, 0.4) is 0 Å². The number of benzene rings is 2. The maximum Gasteiger partial charge on any atom is 0.144 e. The van der Waals surface area contributed by atoms with Crippen molar-refractivity contribution in [3.05, 3.63) is 60.8 Å². The zero-order valence-electron chi connectivity index (χ0n) is 13.6. The molecule has 4 rings (SSSR count). The van der Waals surface area contributed by atoms with Gasteiger partial charge in [-0.3, -0.25) is 4.98 Å². The highest BCUT2D eigenvalue weighted by Crippen LogP contribution is 2.34. The minimum atomic E-state index is -1.37. The van der Waals surface area contributed by atoms with Crippen LogP contribution in [0, 0.1) is 0 Å². The second-order valence-electron chi connectivity index (χ2n) is 6.96. The molecule has 0 aliphatic carbocycles. The predicted octanol–water partition coefficient (Wildman–Crippen LogP) is 5.19. The molecular weight excluding hydrogens is 298 g/mol. The van der Waals surface area contributed by atoms with Crippen molar-refractivity contribution in [2.45, 2.75) is 19.6 Å². The van der Waals surface area contributed by atoms with Gasteiger partial charge in [0, 0.05) is 22.5 Å². The maximum absolute atomic E-state index is 6.13. The minimum absolute atomic E-state index is 0.925. The standard InChI is InChI=1S/C20H19NOSi/c1-23(2,3)14-11-12-21-18(13-14)17-9-6-8-16-15-7-4-5-10-19(15)22-20(16)17/h4-13H,1-3H3. The van der Waals surface area contributed by atoms with Gasteiger partial charge in [0.05, 0.1) is 13.8 Å². The third-order valence-electron chi connectivity index (χ3n) is 4.31. The van der Waals surface area contributed by atoms with Gasteiger partial charge in [0.1, 0.15) is 11.2 Å². The predicted molar refractivity (Wildman–Crippen MR) is 99.9 cm³/mol. The molecule has 0 fully saturated rings. The van der Waals surface area contributed by atoms with E-state index in [9.17, 15) is 0 Å². The minimum Gasteiger partial charge on any atom is -0.455 e. The first-order valence-electron chi connectivity index (χ1n) is 7.91. The molecule has 0 spiro atoms. The fourth-order valence-corrected chi connectivity index (χ4v) is 4.14. The third kappa shape index (κ3) is 2.37. The van der Waals surface area contributed by atoms with Crippen molar-refractivity contribution in [2.75, 3.05) is 0 Å². The summed E-state index contributed by atoms with van der Waals surface area (Å²) in [4.78, 5) is 4.61. The van der Waals surface area contributed by atoms with Gasteiger partial charge in [-0.1, -0.05) is 55.2 Å². The summed E-state index contributed by atoms with van der Waals surface area (Å²) in [5, 5.41) is 3.72. The normalized spacial score (nSPS) is 12.1. The number of para-hydroxylation sites is 2. The van der Waals surface area contributed by atoms with E-state index in [1.807, 2.05) is 24.4 Å². The van der Waals surface area contributed by atoms with Crippen molar-refractivity contribution in [1.29, 1.82) is 0 Å². The molecule has 0 N–H and O–H groups in total. The van der Waals surface area contributed by atoms with Crippen LogP contribution in [-0.2, 0) is 0 Å². The van der Waals surface area contributed by atoms with E-state index >= 15 is 0 Å². The van der Waals surface area contributed by atoms with Gasteiger partial charge in [-0.15, -0.1) is 0 Å². The quantitative estimate of drug-likeness (QED) is 0.475. The van der Waals surface area contributed by atoms with E-state index in [1.54, 1.807) is 0 Å². The molecule has 2 aromatic carbocycles. The van der Waals surface area contributed by atoms with Gasteiger partial charge >= 0.3 is 0 Å². The van der Waals surface area contributed by atoms with Crippen molar-refractivity contribution >= 4 is 35.2 Å². The molecule has 23 heavy (non-hydrogen) atoms. The molecule has 0 saturated heterocycles. The third-order valence-corrected chi connectivity index (χ3v) is 6.35. The van der Waals surface area contributed by atoms with Crippen LogP contribution >= 0.6 is 0 Å². The van der Waals surface area contributed by atoms with Crippen molar-refractivity contribution in [1.82, 2.24) is 4.98 Å². The molecule has 2 nitrogen and oxygen atoms in total. The van der Waals surface area contributed by atoms with Gasteiger partial charge in [0.25, 0.3) is 0 Å². The van der Waals surface area contributed by atoms with Gasteiger partial charge in [-0.25, -0.2) is 0 Å². The number of furan rings is 1. The Hall–Kier alpha value is -2.39. The molecule has 0 radical (unpaired) electrons. The smallest absolute Gasteiger partial charge is 0.144 e. The fourth-order valence-electron chi connectivity index (χ4n) is 2.99. The second kappa shape index (κ2) is 5.07. The van der Waals surface area contributed by atoms with Crippen molar-refractivity contribution < 1.29 is 4.42 Å². The molecule has 0 unspecified atom stereocenters. The first-order chi connectivity index (χ1) is 11.0. The number of nitrogens with zero attached hydrogens (tertiary/aromatic N) is 1. The summed E-state index contributed by atoms with van der Waals surface area (Å²) < 4.78 is 6.13. The van der Waals surface area contributed by atoms with Gasteiger partial charge in [0.15, 0.2) is 0 Å². The molecule has 114 valence electrons. The number of hydrogen-bond donors (Lipinski definition) is 0. The Bertz CT molecular complexity index is 1010. The molecule has 0 saturated carbocycles. The lowest BCUT2D eigenvalue weighted by atomic mass is 10.1. The molecule has 0 atom stereocenters. The summed E-state index contributed by atoms with van der Waals surface area (Å²) >= 11 is 0. The van der Waals surface area contributed by atoms with E-state index in [4.69, 9.17) is 4.42 Å². The maximum atomic E-state index is 6.13. The molecule has 0 bridgehead atoms. The monoisotopic (exact) mass is 317 g/mol. The van der Waals surface area contributed by atoms with Crippen LogP contribution in [0.15, 0.2) is 65.2 Å². The Kier molecular flexibility index (Phi) is 3.13. The second-order valence-corrected chi connectivity index (χ2v) is 12.0. The van der Waals surface area contributed by atoms with E-state index in [0.29, 0.717) is 0 Å². The topological polar surface area (TPSA) is 26.0 Å². The van der Waals surface area contributed by atoms with Crippen LogP contribution in [0.5, 0.6) is 0 Å². The number of pyridine rings is 1. The number of hydrogen-bond acceptors (Lipinski definition) is 2. The highest BCUT2D eigenvalue weighted by atomic mass is 28.3. The van der Waals surface area contributed by atoms with Crippen LogP contribution in [0.2, 0.25) is 19.6 Å². The van der Waals surface area contributed by atoms with E-state index < -0.39 is 8.07 Å². The van der Waals surface area contributed by atoms with E-state index in [0.717, 1.165) is 33.2 Å². The number of aromatic nitrogens is 1. The fraction of sp³-hybridized carbons (Fsp3) is 0.150. The van der Waals surface area contributed by atoms with Crippen molar-refractivity contribution in [3.63, 3.8) is 0 Å². The molecule has 0 aliphatic heterocycles. The lowest BCUT2D eigenvalue weighted by Gasteiger charge is -2.17. The van der Waals surface area contributed by atoms with Gasteiger partial charge < -0.3 is 4.42 Å². The van der Waals surface area contributed by atoms with Gasteiger partial charge in [0.2, 0.25) is 0 Å². The Morgan fingerprint density at radius 2 is 1.65 bits per heavy atom. The largest absolute Gasteiger partial charge is 0.455 e. The Morgan fingerprint density at radius 1 is 0.870 bits per heavy atom. The Labute approximate surface area is 136 Å². The lowest BCUT2D eigenvalue weighted by molar-refractivity contribution is 0.670. The molecule has 3 heteroatoms. The highest BCUT2D eigenvalue weighted by molar-refractivity contribution is 6.88. The zero-order chi connectivity index (χ0) is 16.0. The number of rotatable bonds is 2. The van der Waals surface area contributed by atoms with Crippen LogP contribution in [0.25, 0.3) is 33.2 Å².